The van der Waals surface area contributed by atoms with E-state index in [9.17, 15) is 13.2 Å². The molecule has 0 bridgehead atoms. The highest BCUT2D eigenvalue weighted by Gasteiger charge is 2.27. The lowest BCUT2D eigenvalue weighted by atomic mass is 9.88. The maximum absolute atomic E-state index is 12.8. The van der Waals surface area contributed by atoms with Gasteiger partial charge in [-0.25, -0.2) is 8.42 Å². The molecule has 0 radical (unpaired) electrons. The largest absolute Gasteiger partial charge is 0.495 e. The van der Waals surface area contributed by atoms with Crippen molar-refractivity contribution in [1.82, 2.24) is 5.32 Å². The fourth-order valence-electron chi connectivity index (χ4n) is 3.65. The highest BCUT2D eigenvalue weighted by Crippen LogP contribution is 2.32. The molecule has 0 spiro atoms. The lowest BCUT2D eigenvalue weighted by Gasteiger charge is -2.28. The van der Waals surface area contributed by atoms with Gasteiger partial charge in [-0.3, -0.25) is 9.10 Å². The van der Waals surface area contributed by atoms with Crippen LogP contribution in [-0.2, 0) is 21.2 Å². The van der Waals surface area contributed by atoms with Gasteiger partial charge < -0.3 is 10.1 Å². The summed E-state index contributed by atoms with van der Waals surface area (Å²) in [5.74, 6) is 0.0718. The number of sulfonamides is 1. The Bertz CT molecular complexity index is 972. The fourth-order valence-corrected chi connectivity index (χ4v) is 4.50. The number of nitrogens with one attached hydrogen (secondary N) is 1. The number of methoxy groups -OCH3 is 1. The zero-order valence-electron chi connectivity index (χ0n) is 16.4. The monoisotopic (exact) mass is 402 g/mol. The smallest absolute Gasteiger partial charge is 0.241 e. The van der Waals surface area contributed by atoms with E-state index in [0.717, 1.165) is 41.0 Å². The Labute approximate surface area is 166 Å². The molecule has 1 aliphatic rings. The Morgan fingerprint density at radius 3 is 2.71 bits per heavy atom. The Morgan fingerprint density at radius 2 is 2.00 bits per heavy atom. The van der Waals surface area contributed by atoms with Crippen LogP contribution in [0.2, 0.25) is 0 Å². The van der Waals surface area contributed by atoms with E-state index in [-0.39, 0.29) is 18.5 Å². The first-order valence-electron chi connectivity index (χ1n) is 9.29. The van der Waals surface area contributed by atoms with Crippen molar-refractivity contribution in [3.05, 3.63) is 59.2 Å². The number of fused-ring (bicyclic) bond motifs is 1. The molecule has 0 unspecified atom stereocenters. The number of ether oxygens (including phenoxy) is 1. The number of hydrogen-bond acceptors (Lipinski definition) is 4. The summed E-state index contributed by atoms with van der Waals surface area (Å²) in [5.41, 5.74) is 3.59. The molecule has 1 atom stereocenters. The molecule has 1 N–H and O–H groups in total. The highest BCUT2D eigenvalue weighted by molar-refractivity contribution is 7.92. The topological polar surface area (TPSA) is 75.7 Å². The Morgan fingerprint density at radius 1 is 1.25 bits per heavy atom. The molecule has 28 heavy (non-hydrogen) atoms. The molecule has 2 aromatic carbocycles. The first-order chi connectivity index (χ1) is 13.3. The van der Waals surface area contributed by atoms with E-state index in [0.29, 0.717) is 11.4 Å². The van der Waals surface area contributed by atoms with Crippen molar-refractivity contribution in [3.63, 3.8) is 0 Å². The maximum Gasteiger partial charge on any atom is 0.241 e. The van der Waals surface area contributed by atoms with Gasteiger partial charge >= 0.3 is 0 Å². The van der Waals surface area contributed by atoms with Crippen molar-refractivity contribution >= 4 is 21.6 Å². The van der Waals surface area contributed by atoms with Crippen molar-refractivity contribution in [2.24, 2.45) is 0 Å². The average molecular weight is 403 g/mol. The second-order valence-corrected chi connectivity index (χ2v) is 9.06. The van der Waals surface area contributed by atoms with Gasteiger partial charge in [0.1, 0.15) is 12.3 Å². The van der Waals surface area contributed by atoms with Crippen LogP contribution in [-0.4, -0.2) is 34.2 Å². The van der Waals surface area contributed by atoms with E-state index < -0.39 is 10.0 Å². The van der Waals surface area contributed by atoms with Crippen LogP contribution in [0.5, 0.6) is 5.75 Å². The molecule has 0 fully saturated rings. The van der Waals surface area contributed by atoms with E-state index in [1.165, 1.54) is 12.7 Å². The number of anilines is 1. The number of rotatable bonds is 6. The van der Waals surface area contributed by atoms with Crippen molar-refractivity contribution in [2.45, 2.75) is 32.2 Å². The van der Waals surface area contributed by atoms with Crippen LogP contribution in [0.1, 0.15) is 35.6 Å². The quantitative estimate of drug-likeness (QED) is 0.806. The third-order valence-electron chi connectivity index (χ3n) is 5.00. The van der Waals surface area contributed by atoms with Crippen LogP contribution in [0.4, 0.5) is 5.69 Å². The maximum atomic E-state index is 12.8. The lowest BCUT2D eigenvalue weighted by molar-refractivity contribution is -0.120. The first-order valence-corrected chi connectivity index (χ1v) is 11.1. The van der Waals surface area contributed by atoms with Crippen molar-refractivity contribution in [1.29, 1.82) is 0 Å². The zero-order chi connectivity index (χ0) is 20.3. The SMILES string of the molecule is COc1ccc(C)cc1N(CC(=O)N[C@H]1CCCc2ccccc21)S(C)(=O)=O. The summed E-state index contributed by atoms with van der Waals surface area (Å²) in [6.07, 6.45) is 3.93. The summed E-state index contributed by atoms with van der Waals surface area (Å²) >= 11 is 0. The molecule has 6 nitrogen and oxygen atoms in total. The molecule has 2 aromatic rings. The third-order valence-corrected chi connectivity index (χ3v) is 6.12. The van der Waals surface area contributed by atoms with Crippen LogP contribution < -0.4 is 14.4 Å². The van der Waals surface area contributed by atoms with Gasteiger partial charge in [0, 0.05) is 0 Å². The second kappa shape index (κ2) is 8.22. The Balaban J connectivity index is 1.84. The van der Waals surface area contributed by atoms with Crippen LogP contribution in [0.25, 0.3) is 0 Å². The minimum absolute atomic E-state index is 0.0988. The molecule has 0 saturated heterocycles. The standard InChI is InChI=1S/C21H26N2O4S/c1-15-11-12-20(27-2)19(13-15)23(28(3,25)26)14-21(24)22-18-10-6-8-16-7-4-5-9-17(16)18/h4-5,7,9,11-13,18H,6,8,10,14H2,1-3H3,(H,22,24)/t18-/m0/s1. The molecule has 0 heterocycles. The van der Waals surface area contributed by atoms with Gasteiger partial charge in [0.15, 0.2) is 0 Å². The number of hydrogen-bond donors (Lipinski definition) is 1. The van der Waals surface area contributed by atoms with E-state index in [2.05, 4.69) is 11.4 Å². The number of nitrogens with zero attached hydrogens (tertiary/aromatic N) is 1. The van der Waals surface area contributed by atoms with Gasteiger partial charge in [-0.1, -0.05) is 30.3 Å². The van der Waals surface area contributed by atoms with Crippen LogP contribution in [0, 0.1) is 6.92 Å². The van der Waals surface area contributed by atoms with E-state index in [4.69, 9.17) is 4.74 Å². The predicted molar refractivity (Wildman–Crippen MR) is 110 cm³/mol. The molecule has 7 heteroatoms. The molecule has 3 rings (SSSR count). The van der Waals surface area contributed by atoms with Crippen LogP contribution in [0.15, 0.2) is 42.5 Å². The number of carbonyl (C=O) groups excluding carboxylic acids is 1. The first kappa shape index (κ1) is 20.2. The summed E-state index contributed by atoms with van der Waals surface area (Å²) in [5, 5.41) is 3.01. The minimum Gasteiger partial charge on any atom is -0.495 e. The van der Waals surface area contributed by atoms with Crippen molar-refractivity contribution < 1.29 is 17.9 Å². The summed E-state index contributed by atoms with van der Waals surface area (Å²) < 4.78 is 31.3. The molecule has 1 aliphatic carbocycles. The van der Waals surface area contributed by atoms with Crippen molar-refractivity contribution in [3.8, 4) is 5.75 Å². The lowest BCUT2D eigenvalue weighted by Crippen LogP contribution is -2.42. The number of aryl methyl sites for hydroxylation is 2. The van der Waals surface area contributed by atoms with Gasteiger partial charge in [-0.2, -0.15) is 0 Å². The van der Waals surface area contributed by atoms with Gasteiger partial charge in [0.05, 0.1) is 25.1 Å². The second-order valence-electron chi connectivity index (χ2n) is 7.16. The minimum atomic E-state index is -3.67. The highest BCUT2D eigenvalue weighted by atomic mass is 32.2. The summed E-state index contributed by atoms with van der Waals surface area (Å²) in [7, 11) is -2.19. The fraction of sp³-hybridized carbons (Fsp3) is 0.381. The van der Waals surface area contributed by atoms with E-state index >= 15 is 0 Å². The van der Waals surface area contributed by atoms with Crippen LogP contribution in [0.3, 0.4) is 0 Å². The third kappa shape index (κ3) is 4.47. The summed E-state index contributed by atoms with van der Waals surface area (Å²) in [6.45, 7) is 1.57. The molecule has 150 valence electrons. The molecule has 0 saturated carbocycles. The summed E-state index contributed by atoms with van der Waals surface area (Å²) in [6, 6.07) is 13.2. The molecule has 1 amide bonds. The van der Waals surface area contributed by atoms with Gasteiger partial charge in [0.25, 0.3) is 0 Å². The van der Waals surface area contributed by atoms with E-state index in [1.807, 2.05) is 31.2 Å². The molecular formula is C21H26N2O4S. The molecule has 0 aromatic heterocycles. The zero-order valence-corrected chi connectivity index (χ0v) is 17.3. The number of benzene rings is 2. The van der Waals surface area contributed by atoms with Crippen molar-refractivity contribution in [2.75, 3.05) is 24.2 Å². The Kier molecular flexibility index (Phi) is 5.93. The van der Waals surface area contributed by atoms with Crippen LogP contribution >= 0.6 is 0 Å². The summed E-state index contributed by atoms with van der Waals surface area (Å²) in [4.78, 5) is 12.8. The normalized spacial score (nSPS) is 16.2. The van der Waals surface area contributed by atoms with Gasteiger partial charge in [0.2, 0.25) is 15.9 Å². The average Bonchev–Trinajstić information content (AvgIpc) is 2.65. The van der Waals surface area contributed by atoms with Gasteiger partial charge in [-0.15, -0.1) is 0 Å². The number of carbonyl (C=O) groups is 1. The van der Waals surface area contributed by atoms with Gasteiger partial charge in [-0.05, 0) is 55.0 Å². The molecule has 0 aliphatic heterocycles. The Hall–Kier alpha value is -2.54. The molecular weight excluding hydrogens is 376 g/mol. The predicted octanol–water partition coefficient (Wildman–Crippen LogP) is 2.96. The van der Waals surface area contributed by atoms with E-state index in [1.54, 1.807) is 12.1 Å². The number of amides is 1.